The van der Waals surface area contributed by atoms with Crippen LogP contribution in [0.25, 0.3) is 10.8 Å². The molecule has 22 heavy (non-hydrogen) atoms. The van der Waals surface area contributed by atoms with Crippen molar-refractivity contribution in [2.75, 3.05) is 0 Å². The molecule has 0 amide bonds. The van der Waals surface area contributed by atoms with Crippen LogP contribution in [0.4, 0.5) is 0 Å². The zero-order valence-electron chi connectivity index (χ0n) is 12.1. The highest BCUT2D eigenvalue weighted by Crippen LogP contribution is 2.24. The van der Waals surface area contributed by atoms with E-state index in [0.717, 1.165) is 31.1 Å². The second-order valence-corrected chi connectivity index (χ2v) is 7.27. The maximum absolute atomic E-state index is 12.6. The van der Waals surface area contributed by atoms with E-state index in [0.29, 0.717) is 10.3 Å². The van der Waals surface area contributed by atoms with E-state index in [1.54, 1.807) is 30.6 Å². The SMILES string of the molecule is Cl.NC1CCC(NS(=O)(=O)c2cccc3cnccc23)CC1. The maximum atomic E-state index is 12.6. The Morgan fingerprint density at radius 1 is 1.14 bits per heavy atom. The smallest absolute Gasteiger partial charge is 0.241 e. The average molecular weight is 342 g/mol. The van der Waals surface area contributed by atoms with Crippen molar-refractivity contribution in [2.24, 2.45) is 5.73 Å². The van der Waals surface area contributed by atoms with Gasteiger partial charge in [0.15, 0.2) is 0 Å². The Bertz CT molecular complexity index is 738. The van der Waals surface area contributed by atoms with Crippen molar-refractivity contribution in [3.8, 4) is 0 Å². The van der Waals surface area contributed by atoms with Crippen LogP contribution < -0.4 is 10.5 Å². The van der Waals surface area contributed by atoms with Crippen LogP contribution in [-0.4, -0.2) is 25.5 Å². The first-order valence-corrected chi connectivity index (χ1v) is 8.65. The summed E-state index contributed by atoms with van der Waals surface area (Å²) in [7, 11) is -3.52. The molecule has 120 valence electrons. The van der Waals surface area contributed by atoms with E-state index in [1.165, 1.54) is 0 Å². The van der Waals surface area contributed by atoms with Gasteiger partial charge in [-0.1, -0.05) is 12.1 Å². The molecule has 1 aromatic heterocycles. The third kappa shape index (κ3) is 3.57. The van der Waals surface area contributed by atoms with Crippen LogP contribution in [0, 0.1) is 0 Å². The van der Waals surface area contributed by atoms with E-state index in [4.69, 9.17) is 5.73 Å². The van der Waals surface area contributed by atoms with Gasteiger partial charge in [0, 0.05) is 35.2 Å². The Labute approximate surface area is 136 Å². The number of nitrogens with zero attached hydrogens (tertiary/aromatic N) is 1. The topological polar surface area (TPSA) is 85.1 Å². The summed E-state index contributed by atoms with van der Waals surface area (Å²) in [6.45, 7) is 0. The molecule has 1 saturated carbocycles. The third-order valence-corrected chi connectivity index (χ3v) is 5.60. The number of rotatable bonds is 3. The van der Waals surface area contributed by atoms with Gasteiger partial charge in [-0.25, -0.2) is 13.1 Å². The van der Waals surface area contributed by atoms with Gasteiger partial charge in [-0.2, -0.15) is 0 Å². The van der Waals surface area contributed by atoms with E-state index in [1.807, 2.05) is 6.07 Å². The number of nitrogens with one attached hydrogen (secondary N) is 1. The minimum Gasteiger partial charge on any atom is -0.328 e. The molecular formula is C15H20ClN3O2S. The number of aromatic nitrogens is 1. The number of fused-ring (bicyclic) bond motifs is 1. The second kappa shape index (κ2) is 6.91. The summed E-state index contributed by atoms with van der Waals surface area (Å²) >= 11 is 0. The fourth-order valence-electron chi connectivity index (χ4n) is 2.85. The summed E-state index contributed by atoms with van der Waals surface area (Å²) in [6, 6.07) is 7.16. The minimum atomic E-state index is -3.52. The van der Waals surface area contributed by atoms with Gasteiger partial charge in [0.25, 0.3) is 0 Å². The summed E-state index contributed by atoms with van der Waals surface area (Å²) in [5.41, 5.74) is 5.86. The number of benzene rings is 1. The van der Waals surface area contributed by atoms with Crippen molar-refractivity contribution >= 4 is 33.2 Å². The van der Waals surface area contributed by atoms with E-state index >= 15 is 0 Å². The Morgan fingerprint density at radius 3 is 2.59 bits per heavy atom. The van der Waals surface area contributed by atoms with Gasteiger partial charge in [0.05, 0.1) is 4.90 Å². The number of nitrogens with two attached hydrogens (primary N) is 1. The minimum absolute atomic E-state index is 0. The van der Waals surface area contributed by atoms with Gasteiger partial charge in [0.1, 0.15) is 0 Å². The van der Waals surface area contributed by atoms with Crippen molar-refractivity contribution in [2.45, 2.75) is 42.7 Å². The predicted octanol–water partition coefficient (Wildman–Crippen LogP) is 2.20. The lowest BCUT2D eigenvalue weighted by atomic mass is 9.93. The lowest BCUT2D eigenvalue weighted by molar-refractivity contribution is 0.373. The third-order valence-electron chi connectivity index (χ3n) is 4.02. The first kappa shape index (κ1) is 17.1. The molecule has 7 heteroatoms. The van der Waals surface area contributed by atoms with Gasteiger partial charge in [-0.05, 0) is 37.8 Å². The van der Waals surface area contributed by atoms with Crippen molar-refractivity contribution in [1.29, 1.82) is 0 Å². The number of halogens is 1. The molecule has 1 aromatic carbocycles. The molecular weight excluding hydrogens is 322 g/mol. The number of pyridine rings is 1. The summed E-state index contributed by atoms with van der Waals surface area (Å²) in [4.78, 5) is 4.35. The molecule has 1 heterocycles. The second-order valence-electron chi connectivity index (χ2n) is 5.59. The Kier molecular flexibility index (Phi) is 5.39. The molecule has 0 unspecified atom stereocenters. The molecule has 3 N–H and O–H groups in total. The van der Waals surface area contributed by atoms with E-state index in [-0.39, 0.29) is 24.5 Å². The van der Waals surface area contributed by atoms with Gasteiger partial charge in [-0.3, -0.25) is 4.98 Å². The van der Waals surface area contributed by atoms with Crippen LogP contribution >= 0.6 is 12.4 Å². The van der Waals surface area contributed by atoms with Gasteiger partial charge in [-0.15, -0.1) is 12.4 Å². The highest BCUT2D eigenvalue weighted by molar-refractivity contribution is 7.89. The zero-order valence-corrected chi connectivity index (χ0v) is 13.7. The standard InChI is InChI=1S/C15H19N3O2S.ClH/c16-12-4-6-13(7-5-12)18-21(19,20)15-3-1-2-11-10-17-9-8-14(11)15;/h1-3,8-10,12-13,18H,4-7,16H2;1H. The van der Waals surface area contributed by atoms with Gasteiger partial charge in [0.2, 0.25) is 10.0 Å². The van der Waals surface area contributed by atoms with Crippen molar-refractivity contribution in [3.05, 3.63) is 36.7 Å². The molecule has 1 fully saturated rings. The highest BCUT2D eigenvalue weighted by atomic mass is 35.5. The largest absolute Gasteiger partial charge is 0.328 e. The quantitative estimate of drug-likeness (QED) is 0.896. The van der Waals surface area contributed by atoms with E-state index in [2.05, 4.69) is 9.71 Å². The Hall–Kier alpha value is -1.21. The van der Waals surface area contributed by atoms with E-state index < -0.39 is 10.0 Å². The lowest BCUT2D eigenvalue weighted by Crippen LogP contribution is -2.40. The molecule has 2 aromatic rings. The fraction of sp³-hybridized carbons (Fsp3) is 0.400. The van der Waals surface area contributed by atoms with E-state index in [9.17, 15) is 8.42 Å². The molecule has 0 atom stereocenters. The Morgan fingerprint density at radius 2 is 1.86 bits per heavy atom. The number of hydrogen-bond donors (Lipinski definition) is 2. The lowest BCUT2D eigenvalue weighted by Gasteiger charge is -2.26. The molecule has 0 spiro atoms. The molecule has 0 radical (unpaired) electrons. The zero-order chi connectivity index (χ0) is 14.9. The van der Waals surface area contributed by atoms with Crippen LogP contribution in [0.5, 0.6) is 0 Å². The summed E-state index contributed by atoms with van der Waals surface area (Å²) < 4.78 is 28.1. The van der Waals surface area contributed by atoms with Crippen molar-refractivity contribution in [1.82, 2.24) is 9.71 Å². The molecule has 1 aliphatic rings. The fourth-order valence-corrected chi connectivity index (χ4v) is 4.38. The first-order chi connectivity index (χ1) is 10.1. The maximum Gasteiger partial charge on any atom is 0.241 e. The normalized spacial score (nSPS) is 22.2. The van der Waals surface area contributed by atoms with Crippen molar-refractivity contribution < 1.29 is 8.42 Å². The van der Waals surface area contributed by atoms with Crippen LogP contribution in [0.1, 0.15) is 25.7 Å². The monoisotopic (exact) mass is 341 g/mol. The van der Waals surface area contributed by atoms with Crippen LogP contribution in [0.3, 0.4) is 0 Å². The molecule has 0 aliphatic heterocycles. The van der Waals surface area contributed by atoms with Gasteiger partial charge < -0.3 is 5.73 Å². The molecule has 5 nitrogen and oxygen atoms in total. The molecule has 3 rings (SSSR count). The van der Waals surface area contributed by atoms with Crippen LogP contribution in [0.15, 0.2) is 41.6 Å². The summed E-state index contributed by atoms with van der Waals surface area (Å²) in [5.74, 6) is 0. The first-order valence-electron chi connectivity index (χ1n) is 7.17. The summed E-state index contributed by atoms with van der Waals surface area (Å²) in [5, 5.41) is 1.53. The van der Waals surface area contributed by atoms with Crippen LogP contribution in [-0.2, 0) is 10.0 Å². The average Bonchev–Trinajstić information content (AvgIpc) is 2.49. The number of hydrogen-bond acceptors (Lipinski definition) is 4. The molecule has 1 aliphatic carbocycles. The predicted molar refractivity (Wildman–Crippen MR) is 89.5 cm³/mol. The highest BCUT2D eigenvalue weighted by Gasteiger charge is 2.25. The summed E-state index contributed by atoms with van der Waals surface area (Å²) in [6.07, 6.45) is 6.62. The van der Waals surface area contributed by atoms with Gasteiger partial charge >= 0.3 is 0 Å². The van der Waals surface area contributed by atoms with Crippen LogP contribution in [0.2, 0.25) is 0 Å². The molecule has 0 saturated heterocycles. The van der Waals surface area contributed by atoms with Crippen molar-refractivity contribution in [3.63, 3.8) is 0 Å². The number of sulfonamides is 1. The Balaban J connectivity index is 0.00000176. The molecule has 0 bridgehead atoms.